The smallest absolute Gasteiger partial charge is 0.241 e. The van der Waals surface area contributed by atoms with Crippen molar-refractivity contribution in [2.75, 3.05) is 51.0 Å². The lowest BCUT2D eigenvalue weighted by Gasteiger charge is -2.35. The van der Waals surface area contributed by atoms with Crippen LogP contribution in [0.5, 0.6) is 11.5 Å². The average Bonchev–Trinajstić information content (AvgIpc) is 3.44. The highest BCUT2D eigenvalue weighted by Gasteiger charge is 2.27. The predicted octanol–water partition coefficient (Wildman–Crippen LogP) is 2.08. The van der Waals surface area contributed by atoms with Gasteiger partial charge in [-0.25, -0.2) is 0 Å². The summed E-state index contributed by atoms with van der Waals surface area (Å²) >= 11 is 0. The molecular weight excluding hydrogens is 394 g/mol. The van der Waals surface area contributed by atoms with Crippen LogP contribution in [0.3, 0.4) is 0 Å². The standard InChI is InChI=1S/C24H27N3O4/c28-23(8-6-18-5-7-21-22(15-18)31-17-30-21)26-13-11-25(12-14-26)16-24(29)27-10-9-19-3-1-2-4-20(19)27/h1-5,7,15H,6,8-14,16-17H2. The van der Waals surface area contributed by atoms with Crippen LogP contribution in [0.4, 0.5) is 5.69 Å². The van der Waals surface area contributed by atoms with E-state index >= 15 is 0 Å². The molecule has 0 spiro atoms. The highest BCUT2D eigenvalue weighted by molar-refractivity contribution is 5.96. The minimum Gasteiger partial charge on any atom is -0.454 e. The number of fused-ring (bicyclic) bond motifs is 2. The molecule has 0 aromatic heterocycles. The highest BCUT2D eigenvalue weighted by atomic mass is 16.7. The van der Waals surface area contributed by atoms with E-state index in [9.17, 15) is 9.59 Å². The Morgan fingerprint density at radius 3 is 2.55 bits per heavy atom. The number of aryl methyl sites for hydroxylation is 1. The van der Waals surface area contributed by atoms with Crippen molar-refractivity contribution in [3.63, 3.8) is 0 Å². The number of anilines is 1. The third-order valence-electron chi connectivity index (χ3n) is 6.34. The zero-order valence-corrected chi connectivity index (χ0v) is 17.6. The molecule has 3 aliphatic rings. The van der Waals surface area contributed by atoms with Gasteiger partial charge in [0.2, 0.25) is 18.6 Å². The summed E-state index contributed by atoms with van der Waals surface area (Å²) in [6.07, 6.45) is 2.08. The normalized spacial score (nSPS) is 17.7. The van der Waals surface area contributed by atoms with Crippen LogP contribution in [0, 0.1) is 0 Å². The van der Waals surface area contributed by atoms with Gasteiger partial charge in [0.05, 0.1) is 6.54 Å². The zero-order valence-electron chi connectivity index (χ0n) is 17.6. The van der Waals surface area contributed by atoms with Crippen molar-refractivity contribution in [3.8, 4) is 11.5 Å². The van der Waals surface area contributed by atoms with Crippen molar-refractivity contribution >= 4 is 17.5 Å². The molecule has 3 aliphatic heterocycles. The molecular formula is C24H27N3O4. The van der Waals surface area contributed by atoms with Gasteiger partial charge in [0.1, 0.15) is 0 Å². The molecule has 7 heteroatoms. The molecule has 0 N–H and O–H groups in total. The predicted molar refractivity (Wildman–Crippen MR) is 116 cm³/mol. The molecule has 31 heavy (non-hydrogen) atoms. The minimum atomic E-state index is 0.146. The van der Waals surface area contributed by atoms with E-state index in [0.29, 0.717) is 32.5 Å². The first-order valence-electron chi connectivity index (χ1n) is 10.9. The van der Waals surface area contributed by atoms with Gasteiger partial charge in [-0.3, -0.25) is 14.5 Å². The van der Waals surface area contributed by atoms with Crippen LogP contribution in [-0.2, 0) is 22.4 Å². The molecule has 0 atom stereocenters. The Morgan fingerprint density at radius 2 is 1.68 bits per heavy atom. The number of piperazine rings is 1. The van der Waals surface area contributed by atoms with Crippen molar-refractivity contribution in [2.45, 2.75) is 19.3 Å². The second-order valence-corrected chi connectivity index (χ2v) is 8.27. The van der Waals surface area contributed by atoms with E-state index in [2.05, 4.69) is 11.0 Å². The zero-order chi connectivity index (χ0) is 21.2. The molecule has 1 fully saturated rings. The lowest BCUT2D eigenvalue weighted by Crippen LogP contribution is -2.51. The number of hydrogen-bond donors (Lipinski definition) is 0. The second kappa shape index (κ2) is 8.59. The van der Waals surface area contributed by atoms with Crippen LogP contribution in [0.25, 0.3) is 0 Å². The van der Waals surface area contributed by atoms with Crippen LogP contribution in [0.15, 0.2) is 42.5 Å². The molecule has 0 unspecified atom stereocenters. The fourth-order valence-electron chi connectivity index (χ4n) is 4.54. The quantitative estimate of drug-likeness (QED) is 0.740. The van der Waals surface area contributed by atoms with E-state index < -0.39 is 0 Å². The van der Waals surface area contributed by atoms with Crippen LogP contribution >= 0.6 is 0 Å². The van der Waals surface area contributed by atoms with Crippen molar-refractivity contribution in [3.05, 3.63) is 53.6 Å². The SMILES string of the molecule is O=C(CCc1ccc2c(c1)OCO2)N1CCN(CC(=O)N2CCc3ccccc32)CC1. The number of amides is 2. The lowest BCUT2D eigenvalue weighted by atomic mass is 10.1. The number of ether oxygens (including phenoxy) is 2. The topological polar surface area (TPSA) is 62.3 Å². The number of benzene rings is 2. The van der Waals surface area contributed by atoms with E-state index in [1.54, 1.807) is 0 Å². The van der Waals surface area contributed by atoms with Gasteiger partial charge < -0.3 is 19.3 Å². The largest absolute Gasteiger partial charge is 0.454 e. The van der Waals surface area contributed by atoms with E-state index in [1.165, 1.54) is 5.56 Å². The van der Waals surface area contributed by atoms with Crippen molar-refractivity contribution in [1.82, 2.24) is 9.80 Å². The Balaban J connectivity index is 1.08. The summed E-state index contributed by atoms with van der Waals surface area (Å²) in [7, 11) is 0. The summed E-state index contributed by atoms with van der Waals surface area (Å²) in [4.78, 5) is 31.4. The van der Waals surface area contributed by atoms with Gasteiger partial charge in [-0.1, -0.05) is 24.3 Å². The number of rotatable bonds is 5. The molecule has 162 valence electrons. The Morgan fingerprint density at radius 1 is 0.871 bits per heavy atom. The maximum Gasteiger partial charge on any atom is 0.241 e. The second-order valence-electron chi connectivity index (χ2n) is 8.27. The Hall–Kier alpha value is -3.06. The van der Waals surface area contributed by atoms with Gasteiger partial charge in [-0.15, -0.1) is 0 Å². The third-order valence-corrected chi connectivity index (χ3v) is 6.34. The van der Waals surface area contributed by atoms with Crippen molar-refractivity contribution < 1.29 is 19.1 Å². The molecule has 2 aromatic carbocycles. The number of carbonyl (C=O) groups is 2. The van der Waals surface area contributed by atoms with Crippen LogP contribution in [0.2, 0.25) is 0 Å². The van der Waals surface area contributed by atoms with E-state index in [0.717, 1.165) is 48.8 Å². The number of hydrogen-bond acceptors (Lipinski definition) is 5. The first-order valence-corrected chi connectivity index (χ1v) is 10.9. The third kappa shape index (κ3) is 4.23. The van der Waals surface area contributed by atoms with Gasteiger partial charge in [0.25, 0.3) is 0 Å². The molecule has 7 nitrogen and oxygen atoms in total. The highest BCUT2D eigenvalue weighted by Crippen LogP contribution is 2.33. The van der Waals surface area contributed by atoms with Gasteiger partial charge in [-0.2, -0.15) is 0 Å². The van der Waals surface area contributed by atoms with Crippen molar-refractivity contribution in [1.29, 1.82) is 0 Å². The van der Waals surface area contributed by atoms with Gasteiger partial charge in [-0.05, 0) is 42.2 Å². The molecule has 1 saturated heterocycles. The lowest BCUT2D eigenvalue weighted by molar-refractivity contribution is -0.133. The molecule has 0 saturated carbocycles. The minimum absolute atomic E-state index is 0.146. The molecule has 0 radical (unpaired) electrons. The van der Waals surface area contributed by atoms with Gasteiger partial charge >= 0.3 is 0 Å². The summed E-state index contributed by atoms with van der Waals surface area (Å²) in [5.74, 6) is 1.83. The van der Waals surface area contributed by atoms with E-state index in [1.807, 2.05) is 46.2 Å². The van der Waals surface area contributed by atoms with E-state index in [-0.39, 0.29) is 18.6 Å². The Labute approximate surface area is 182 Å². The summed E-state index contributed by atoms with van der Waals surface area (Å²) in [5.41, 5.74) is 3.37. The molecule has 2 aromatic rings. The summed E-state index contributed by atoms with van der Waals surface area (Å²) in [6.45, 7) is 4.24. The number of para-hydroxylation sites is 1. The van der Waals surface area contributed by atoms with Crippen LogP contribution in [0.1, 0.15) is 17.5 Å². The number of carbonyl (C=O) groups excluding carboxylic acids is 2. The molecule has 3 heterocycles. The Bertz CT molecular complexity index is 985. The molecule has 0 bridgehead atoms. The first kappa shape index (κ1) is 19.9. The van der Waals surface area contributed by atoms with Crippen molar-refractivity contribution in [2.24, 2.45) is 0 Å². The average molecular weight is 421 g/mol. The fourth-order valence-corrected chi connectivity index (χ4v) is 4.54. The van der Waals surface area contributed by atoms with Crippen LogP contribution < -0.4 is 14.4 Å². The summed E-state index contributed by atoms with van der Waals surface area (Å²) < 4.78 is 10.7. The maximum absolute atomic E-state index is 12.8. The first-order chi connectivity index (χ1) is 15.2. The van der Waals surface area contributed by atoms with Gasteiger partial charge in [0, 0.05) is 44.8 Å². The van der Waals surface area contributed by atoms with Gasteiger partial charge in [0.15, 0.2) is 11.5 Å². The summed E-state index contributed by atoms with van der Waals surface area (Å²) in [6, 6.07) is 14.0. The summed E-state index contributed by atoms with van der Waals surface area (Å²) in [5, 5.41) is 0. The molecule has 2 amide bonds. The monoisotopic (exact) mass is 421 g/mol. The number of nitrogens with zero attached hydrogens (tertiary/aromatic N) is 3. The Kier molecular flexibility index (Phi) is 5.51. The van der Waals surface area contributed by atoms with E-state index in [4.69, 9.17) is 9.47 Å². The fraction of sp³-hybridized carbons (Fsp3) is 0.417. The van der Waals surface area contributed by atoms with Crippen LogP contribution in [-0.4, -0.2) is 67.7 Å². The molecule has 0 aliphatic carbocycles. The molecule has 5 rings (SSSR count). The maximum atomic E-state index is 12.8.